The molecule has 0 radical (unpaired) electrons. The molecule has 0 saturated carbocycles. The van der Waals surface area contributed by atoms with Crippen LogP contribution in [0.15, 0.2) is 44.1 Å². The Morgan fingerprint density at radius 1 is 1.40 bits per heavy atom. The van der Waals surface area contributed by atoms with Crippen LogP contribution in [0.2, 0.25) is 0 Å². The number of aromatic nitrogens is 1. The predicted molar refractivity (Wildman–Crippen MR) is 83.0 cm³/mol. The van der Waals surface area contributed by atoms with Gasteiger partial charge in [-0.1, -0.05) is 0 Å². The number of nitrogens with one attached hydrogen (secondary N) is 1. The number of furan rings is 1. The summed E-state index contributed by atoms with van der Waals surface area (Å²) < 4.78 is 6.19. The molecule has 0 aliphatic rings. The first-order chi connectivity index (χ1) is 9.72. The van der Waals surface area contributed by atoms with Gasteiger partial charge in [0.15, 0.2) is 0 Å². The Morgan fingerprint density at radius 3 is 3.00 bits per heavy atom. The highest BCUT2D eigenvalue weighted by atomic mass is 79.9. The number of thiazole rings is 1. The lowest BCUT2D eigenvalue weighted by Gasteiger charge is -1.99. The van der Waals surface area contributed by atoms with Gasteiger partial charge in [0.1, 0.15) is 16.5 Å². The van der Waals surface area contributed by atoms with Crippen LogP contribution in [0.1, 0.15) is 16.2 Å². The van der Waals surface area contributed by atoms with Crippen LogP contribution >= 0.6 is 38.6 Å². The quantitative estimate of drug-likeness (QED) is 0.752. The van der Waals surface area contributed by atoms with Gasteiger partial charge in [-0.05, 0) is 34.1 Å². The second-order valence-electron chi connectivity index (χ2n) is 3.93. The van der Waals surface area contributed by atoms with Gasteiger partial charge in [0.25, 0.3) is 5.91 Å². The summed E-state index contributed by atoms with van der Waals surface area (Å²) in [5, 5.41) is 7.39. The van der Waals surface area contributed by atoms with Crippen molar-refractivity contribution in [1.29, 1.82) is 0 Å². The largest absolute Gasteiger partial charge is 0.467 e. The zero-order valence-corrected chi connectivity index (χ0v) is 13.3. The SMILES string of the molecule is O=C(NCc1ccco1)c1csc(-c2cc(Br)cs2)n1. The fraction of sp³-hybridized carbons (Fsp3) is 0.0769. The summed E-state index contributed by atoms with van der Waals surface area (Å²) in [6.45, 7) is 0.364. The molecule has 0 unspecified atom stereocenters. The van der Waals surface area contributed by atoms with E-state index < -0.39 is 0 Å². The number of nitrogens with zero attached hydrogens (tertiary/aromatic N) is 1. The van der Waals surface area contributed by atoms with E-state index in [0.29, 0.717) is 12.2 Å². The number of hydrogen-bond donors (Lipinski definition) is 1. The predicted octanol–water partition coefficient (Wildman–Crippen LogP) is 4.16. The minimum Gasteiger partial charge on any atom is -0.467 e. The highest BCUT2D eigenvalue weighted by molar-refractivity contribution is 9.10. The Kier molecular flexibility index (Phi) is 4.00. The lowest BCUT2D eigenvalue weighted by molar-refractivity contribution is 0.0944. The maximum absolute atomic E-state index is 12.0. The number of rotatable bonds is 4. The molecule has 0 aromatic carbocycles. The van der Waals surface area contributed by atoms with Gasteiger partial charge in [-0.15, -0.1) is 22.7 Å². The van der Waals surface area contributed by atoms with Gasteiger partial charge < -0.3 is 9.73 Å². The van der Waals surface area contributed by atoms with E-state index in [1.165, 1.54) is 11.3 Å². The Balaban J connectivity index is 1.68. The fourth-order valence-corrected chi connectivity index (χ4v) is 3.90. The lowest BCUT2D eigenvalue weighted by atomic mass is 10.4. The molecule has 20 heavy (non-hydrogen) atoms. The van der Waals surface area contributed by atoms with E-state index in [1.54, 1.807) is 29.0 Å². The van der Waals surface area contributed by atoms with Gasteiger partial charge >= 0.3 is 0 Å². The molecule has 0 saturated heterocycles. The third kappa shape index (κ3) is 3.00. The van der Waals surface area contributed by atoms with Gasteiger partial charge in [0, 0.05) is 15.2 Å². The third-order valence-corrected chi connectivity index (χ3v) is 5.22. The smallest absolute Gasteiger partial charge is 0.271 e. The molecule has 1 amide bonds. The first kappa shape index (κ1) is 13.5. The molecule has 0 aliphatic carbocycles. The average Bonchev–Trinajstić information content (AvgIpc) is 3.16. The van der Waals surface area contributed by atoms with Crippen LogP contribution in [0.25, 0.3) is 9.88 Å². The maximum atomic E-state index is 12.0. The van der Waals surface area contributed by atoms with Crippen molar-refractivity contribution >= 4 is 44.5 Å². The number of thiophene rings is 1. The van der Waals surface area contributed by atoms with Gasteiger partial charge in [0.05, 0.1) is 17.7 Å². The molecule has 7 heteroatoms. The van der Waals surface area contributed by atoms with E-state index in [1.807, 2.05) is 17.5 Å². The first-order valence-electron chi connectivity index (χ1n) is 5.73. The summed E-state index contributed by atoms with van der Waals surface area (Å²) >= 11 is 6.46. The molecule has 1 N–H and O–H groups in total. The Labute approximate surface area is 131 Å². The summed E-state index contributed by atoms with van der Waals surface area (Å²) in [5.41, 5.74) is 0.432. The summed E-state index contributed by atoms with van der Waals surface area (Å²) in [6.07, 6.45) is 1.58. The number of carbonyl (C=O) groups is 1. The first-order valence-corrected chi connectivity index (χ1v) is 8.28. The molecule has 0 atom stereocenters. The minimum atomic E-state index is -0.195. The van der Waals surface area contributed by atoms with Gasteiger partial charge in [0.2, 0.25) is 0 Å². The fourth-order valence-electron chi connectivity index (χ4n) is 1.59. The Hall–Kier alpha value is -1.44. The minimum absolute atomic E-state index is 0.195. The third-order valence-electron chi connectivity index (χ3n) is 2.52. The summed E-state index contributed by atoms with van der Waals surface area (Å²) in [6, 6.07) is 5.60. The van der Waals surface area contributed by atoms with Crippen molar-refractivity contribution in [2.45, 2.75) is 6.54 Å². The highest BCUT2D eigenvalue weighted by Crippen LogP contribution is 2.31. The Morgan fingerprint density at radius 2 is 2.30 bits per heavy atom. The molecule has 3 rings (SSSR count). The molecule has 4 nitrogen and oxygen atoms in total. The van der Waals surface area contributed by atoms with Crippen LogP contribution in [0.5, 0.6) is 0 Å². The van der Waals surface area contributed by atoms with Crippen LogP contribution in [-0.2, 0) is 6.54 Å². The molecule has 3 aromatic rings. The molecule has 102 valence electrons. The standard InChI is InChI=1S/C13H9BrN2O2S2/c14-8-4-11(19-6-8)13-16-10(7-20-13)12(17)15-5-9-2-1-3-18-9/h1-4,6-7H,5H2,(H,15,17). The molecule has 0 bridgehead atoms. The van der Waals surface area contributed by atoms with Crippen LogP contribution in [0, 0.1) is 0 Å². The van der Waals surface area contributed by atoms with E-state index in [2.05, 4.69) is 26.2 Å². The van der Waals surface area contributed by atoms with Crippen molar-refractivity contribution in [2.24, 2.45) is 0 Å². The lowest BCUT2D eigenvalue weighted by Crippen LogP contribution is -2.22. The highest BCUT2D eigenvalue weighted by Gasteiger charge is 2.13. The number of carbonyl (C=O) groups excluding carboxylic acids is 1. The number of halogens is 1. The van der Waals surface area contributed by atoms with Crippen molar-refractivity contribution in [3.63, 3.8) is 0 Å². The molecule has 3 heterocycles. The molecule has 0 fully saturated rings. The average molecular weight is 369 g/mol. The molecular formula is C13H9BrN2O2S2. The van der Waals surface area contributed by atoms with Crippen LogP contribution < -0.4 is 5.32 Å². The molecule has 3 aromatic heterocycles. The number of hydrogen-bond acceptors (Lipinski definition) is 5. The van der Waals surface area contributed by atoms with E-state index in [-0.39, 0.29) is 5.91 Å². The molecule has 0 aliphatic heterocycles. The van der Waals surface area contributed by atoms with Gasteiger partial charge in [-0.25, -0.2) is 4.98 Å². The number of amides is 1. The summed E-state index contributed by atoms with van der Waals surface area (Å²) in [4.78, 5) is 17.4. The normalized spacial score (nSPS) is 10.7. The topological polar surface area (TPSA) is 55.1 Å². The van der Waals surface area contributed by atoms with Crippen molar-refractivity contribution in [3.8, 4) is 9.88 Å². The molecular weight excluding hydrogens is 360 g/mol. The van der Waals surface area contributed by atoms with E-state index in [9.17, 15) is 4.79 Å². The summed E-state index contributed by atoms with van der Waals surface area (Å²) in [7, 11) is 0. The van der Waals surface area contributed by atoms with Crippen molar-refractivity contribution in [1.82, 2.24) is 10.3 Å². The van der Waals surface area contributed by atoms with Crippen LogP contribution in [-0.4, -0.2) is 10.9 Å². The van der Waals surface area contributed by atoms with Crippen molar-refractivity contribution < 1.29 is 9.21 Å². The zero-order chi connectivity index (χ0) is 13.9. The van der Waals surface area contributed by atoms with E-state index in [4.69, 9.17) is 4.42 Å². The second-order valence-corrected chi connectivity index (χ2v) is 6.61. The van der Waals surface area contributed by atoms with Crippen molar-refractivity contribution in [3.05, 3.63) is 51.1 Å². The van der Waals surface area contributed by atoms with Crippen LogP contribution in [0.3, 0.4) is 0 Å². The van der Waals surface area contributed by atoms with Crippen molar-refractivity contribution in [2.75, 3.05) is 0 Å². The summed E-state index contributed by atoms with van der Waals surface area (Å²) in [5.74, 6) is 0.524. The maximum Gasteiger partial charge on any atom is 0.271 e. The van der Waals surface area contributed by atoms with Gasteiger partial charge in [-0.3, -0.25) is 4.79 Å². The monoisotopic (exact) mass is 368 g/mol. The second kappa shape index (κ2) is 5.90. The Bertz CT molecular complexity index is 718. The van der Waals surface area contributed by atoms with Gasteiger partial charge in [-0.2, -0.15) is 0 Å². The molecule has 0 spiro atoms. The van der Waals surface area contributed by atoms with E-state index >= 15 is 0 Å². The van der Waals surface area contributed by atoms with Crippen LogP contribution in [0.4, 0.5) is 0 Å². The van der Waals surface area contributed by atoms with E-state index in [0.717, 1.165) is 20.1 Å². The zero-order valence-electron chi connectivity index (χ0n) is 10.1.